The number of alkyl halides is 23. The average Bonchev–Trinajstić information content (AvgIpc) is 2.62. The topological polar surface area (TPSA) is 3.24 Å². The molecule has 36 heavy (non-hydrogen) atoms. The molecule has 0 aromatic rings. The Hall–Kier alpha value is -1.65. The third kappa shape index (κ3) is 2.39. The lowest BCUT2D eigenvalue weighted by atomic mass is 9.72. The normalized spacial score (nSPS) is 34.1. The number of piperidine rings is 1. The molecule has 0 radical (unpaired) electrons. The first kappa shape index (κ1) is 30.6. The van der Waals surface area contributed by atoms with E-state index in [2.05, 4.69) is 0 Å². The van der Waals surface area contributed by atoms with E-state index in [0.717, 1.165) is 0 Å². The SMILES string of the molecule is FC(F)(F)C1(F)C(F)(F)C(F)(F)N(C2(F)C(F)(F)C(F)(F)C(F)(F)C(F)(F)C2(F)F)C(F)(F)C1(F)F. The maximum atomic E-state index is 14.7. The summed E-state index contributed by atoms with van der Waals surface area (Å²) >= 11 is 0. The Morgan fingerprint density at radius 1 is 0.333 bits per heavy atom. The molecule has 1 aliphatic heterocycles. The first-order valence-corrected chi connectivity index (χ1v) is 7.77. The molecule has 0 amide bonds. The van der Waals surface area contributed by atoms with Crippen LogP contribution >= 0.6 is 0 Å². The number of likely N-dealkylation sites (tertiary alicyclic amines) is 1. The molecule has 1 saturated carbocycles. The molecule has 24 heteroatoms. The van der Waals surface area contributed by atoms with Gasteiger partial charge in [-0.25, -0.2) is 8.78 Å². The highest BCUT2D eigenvalue weighted by Gasteiger charge is 3.09. The van der Waals surface area contributed by atoms with Crippen LogP contribution in [0.2, 0.25) is 0 Å². The molecule has 0 unspecified atom stereocenters. The second kappa shape index (κ2) is 6.49. The molecule has 0 atom stereocenters. The van der Waals surface area contributed by atoms with Crippen molar-refractivity contribution >= 4 is 0 Å². The largest absolute Gasteiger partial charge is 0.435 e. The van der Waals surface area contributed by atoms with Gasteiger partial charge in [0.25, 0.3) is 0 Å². The number of hydrogen-bond donors (Lipinski definition) is 0. The molecule has 1 nitrogen and oxygen atoms in total. The van der Waals surface area contributed by atoms with Crippen LogP contribution in [0.15, 0.2) is 0 Å². The lowest BCUT2D eigenvalue weighted by molar-refractivity contribution is -0.581. The Labute approximate surface area is 178 Å². The van der Waals surface area contributed by atoms with E-state index in [4.69, 9.17) is 0 Å². The summed E-state index contributed by atoms with van der Waals surface area (Å²) in [4.78, 5) is -5.27. The van der Waals surface area contributed by atoms with Crippen molar-refractivity contribution in [2.24, 2.45) is 0 Å². The van der Waals surface area contributed by atoms with Gasteiger partial charge in [-0.2, -0.15) is 92.2 Å². The Kier molecular flexibility index (Phi) is 5.51. The summed E-state index contributed by atoms with van der Waals surface area (Å²) in [5.74, 6) is -70.6. The van der Waals surface area contributed by atoms with E-state index in [9.17, 15) is 101 Å². The van der Waals surface area contributed by atoms with E-state index < -0.39 is 76.1 Å². The molecular formula is C12F23N. The van der Waals surface area contributed by atoms with Gasteiger partial charge in [-0.1, -0.05) is 0 Å². The van der Waals surface area contributed by atoms with Crippen LogP contribution in [0.5, 0.6) is 0 Å². The van der Waals surface area contributed by atoms with Crippen molar-refractivity contribution in [3.05, 3.63) is 0 Å². The Morgan fingerprint density at radius 3 is 0.778 bits per heavy atom. The minimum absolute atomic E-state index is 5.27. The predicted molar refractivity (Wildman–Crippen MR) is 60.1 cm³/mol. The van der Waals surface area contributed by atoms with Crippen LogP contribution in [0, 0.1) is 0 Å². The maximum absolute atomic E-state index is 14.7. The van der Waals surface area contributed by atoms with Gasteiger partial charge in [0.1, 0.15) is 0 Å². The fourth-order valence-corrected chi connectivity index (χ4v) is 3.30. The lowest BCUT2D eigenvalue weighted by Gasteiger charge is -2.61. The quantitative estimate of drug-likeness (QED) is 0.236. The summed E-state index contributed by atoms with van der Waals surface area (Å²) in [6.45, 7) is 0. The lowest BCUT2D eigenvalue weighted by Crippen LogP contribution is -2.95. The third-order valence-electron chi connectivity index (χ3n) is 5.29. The monoisotopic (exact) mass is 595 g/mol. The zero-order valence-electron chi connectivity index (χ0n) is 15.1. The van der Waals surface area contributed by atoms with Crippen LogP contribution in [0.25, 0.3) is 0 Å². The highest BCUT2D eigenvalue weighted by molar-refractivity contribution is 5.31. The van der Waals surface area contributed by atoms with E-state index in [-0.39, 0.29) is 0 Å². The minimum atomic E-state index is -9.22. The van der Waals surface area contributed by atoms with Gasteiger partial charge < -0.3 is 0 Å². The van der Waals surface area contributed by atoms with Crippen LogP contribution in [-0.2, 0) is 0 Å². The summed E-state index contributed by atoms with van der Waals surface area (Å²) < 4.78 is 312. The predicted octanol–water partition coefficient (Wildman–Crippen LogP) is 6.88. The van der Waals surface area contributed by atoms with Crippen molar-refractivity contribution in [1.29, 1.82) is 0 Å². The summed E-state index contributed by atoms with van der Waals surface area (Å²) in [6.07, 6.45) is -8.39. The number of nitrogens with zero attached hydrogens (tertiary/aromatic N) is 1. The molecule has 1 aliphatic carbocycles. The molecule has 2 fully saturated rings. The van der Waals surface area contributed by atoms with Crippen molar-refractivity contribution in [1.82, 2.24) is 4.90 Å². The summed E-state index contributed by atoms with van der Waals surface area (Å²) in [7, 11) is 0. The molecule has 1 saturated heterocycles. The molecule has 214 valence electrons. The van der Waals surface area contributed by atoms with Crippen molar-refractivity contribution in [3.8, 4) is 0 Å². The fourth-order valence-electron chi connectivity index (χ4n) is 3.30. The van der Waals surface area contributed by atoms with Gasteiger partial charge in [0.2, 0.25) is 0 Å². The first-order valence-electron chi connectivity index (χ1n) is 7.77. The highest BCUT2D eigenvalue weighted by atomic mass is 19.4. The Balaban J connectivity index is 3.21. The number of halogens is 23. The number of rotatable bonds is 1. The standard InChI is InChI=1S/C12F23N/c13-1(10(29,30)31)2(14,15)11(32,33)36(12(34,35)3(1,16)17)9(28)7(24,25)5(20,21)4(18,19)6(22,23)8(9,26)27. The van der Waals surface area contributed by atoms with Crippen molar-refractivity contribution < 1.29 is 101 Å². The van der Waals surface area contributed by atoms with Gasteiger partial charge in [-0.05, 0) is 0 Å². The van der Waals surface area contributed by atoms with E-state index in [1.165, 1.54) is 0 Å². The zero-order chi connectivity index (χ0) is 29.6. The molecular weight excluding hydrogens is 595 g/mol. The van der Waals surface area contributed by atoms with Crippen molar-refractivity contribution in [2.75, 3.05) is 0 Å². The van der Waals surface area contributed by atoms with Crippen LogP contribution < -0.4 is 0 Å². The van der Waals surface area contributed by atoms with E-state index in [1.54, 1.807) is 0 Å². The molecule has 0 aromatic heterocycles. The summed E-state index contributed by atoms with van der Waals surface area (Å²) in [5, 5.41) is 0. The van der Waals surface area contributed by atoms with Crippen LogP contribution in [0.3, 0.4) is 0 Å². The van der Waals surface area contributed by atoms with Gasteiger partial charge in [0.05, 0.1) is 0 Å². The molecule has 1 heterocycles. The third-order valence-corrected chi connectivity index (χ3v) is 5.29. The highest BCUT2D eigenvalue weighted by Crippen LogP contribution is 2.76. The van der Waals surface area contributed by atoms with Gasteiger partial charge in [0.15, 0.2) is 0 Å². The summed E-state index contributed by atoms with van der Waals surface area (Å²) in [6, 6.07) is -17.9. The molecule has 0 bridgehead atoms. The smallest absolute Gasteiger partial charge is 0.219 e. The zero-order valence-corrected chi connectivity index (χ0v) is 15.1. The molecule has 0 spiro atoms. The molecule has 0 aromatic carbocycles. The van der Waals surface area contributed by atoms with Gasteiger partial charge in [0, 0.05) is 0 Å². The minimum Gasteiger partial charge on any atom is -0.219 e. The fraction of sp³-hybridized carbons (Fsp3) is 1.00. The van der Waals surface area contributed by atoms with Crippen LogP contribution in [0.4, 0.5) is 101 Å². The average molecular weight is 595 g/mol. The maximum Gasteiger partial charge on any atom is 0.435 e. The van der Waals surface area contributed by atoms with Gasteiger partial charge >= 0.3 is 71.2 Å². The second-order valence-electron chi connectivity index (χ2n) is 7.22. The first-order chi connectivity index (χ1) is 15.1. The van der Waals surface area contributed by atoms with Gasteiger partial charge in [-0.15, -0.1) is 4.90 Å². The molecule has 2 aliphatic rings. The van der Waals surface area contributed by atoms with Crippen LogP contribution in [0.1, 0.15) is 0 Å². The molecule has 2 rings (SSSR count). The van der Waals surface area contributed by atoms with Crippen LogP contribution in [-0.4, -0.2) is 76.1 Å². The van der Waals surface area contributed by atoms with Gasteiger partial charge in [-0.3, -0.25) is 0 Å². The summed E-state index contributed by atoms with van der Waals surface area (Å²) in [5.41, 5.74) is -8.75. The van der Waals surface area contributed by atoms with E-state index in [1.807, 2.05) is 0 Å². The second-order valence-corrected chi connectivity index (χ2v) is 7.22. The van der Waals surface area contributed by atoms with E-state index >= 15 is 0 Å². The van der Waals surface area contributed by atoms with Crippen molar-refractivity contribution in [2.45, 2.75) is 71.2 Å². The Morgan fingerprint density at radius 2 is 0.556 bits per heavy atom. The van der Waals surface area contributed by atoms with E-state index in [0.29, 0.717) is 0 Å². The van der Waals surface area contributed by atoms with Crippen molar-refractivity contribution in [3.63, 3.8) is 0 Å². The molecule has 0 N–H and O–H groups in total. The Bertz CT molecular complexity index is 866. The number of hydrogen-bond acceptors (Lipinski definition) is 1.